The lowest BCUT2D eigenvalue weighted by Crippen LogP contribution is -2.16. The average Bonchev–Trinajstić information content (AvgIpc) is 3.46. The van der Waals surface area contributed by atoms with Crippen LogP contribution in [0.15, 0.2) is 17.8 Å². The molecule has 0 unspecified atom stereocenters. The lowest BCUT2D eigenvalue weighted by atomic mass is 10.1. The first kappa shape index (κ1) is 23.0. The standard InChI is InChI=1S/C20H25N5O4S2/c1-4-9-25-17(12-7-5-6-8-12)23-24-20(25)30-10-13(26)22-18-14(19(28)29-3)11(2)15(31-18)16(21)27/h4,12H,1,5-10H2,2-3H3,(H2,21,27)(H,22,26). The number of rotatable bonds is 9. The number of primary amides is 1. The number of carbonyl (C=O) groups is 3. The Morgan fingerprint density at radius 1 is 1.35 bits per heavy atom. The first-order chi connectivity index (χ1) is 14.9. The SMILES string of the molecule is C=CCn1c(SCC(=O)Nc2sc(C(N)=O)c(C)c2C(=O)OC)nnc1C1CCCC1. The van der Waals surface area contributed by atoms with Crippen molar-refractivity contribution in [3.63, 3.8) is 0 Å². The number of nitrogens with two attached hydrogens (primary N) is 1. The molecular weight excluding hydrogens is 438 g/mol. The van der Waals surface area contributed by atoms with Gasteiger partial charge in [0.05, 0.1) is 23.3 Å². The number of hydrogen-bond donors (Lipinski definition) is 2. The van der Waals surface area contributed by atoms with Crippen molar-refractivity contribution >= 4 is 45.9 Å². The monoisotopic (exact) mass is 463 g/mol. The topological polar surface area (TPSA) is 129 Å². The van der Waals surface area contributed by atoms with Gasteiger partial charge in [-0.2, -0.15) is 0 Å². The highest BCUT2D eigenvalue weighted by atomic mass is 32.2. The smallest absolute Gasteiger partial charge is 0.341 e. The van der Waals surface area contributed by atoms with E-state index in [2.05, 4.69) is 22.1 Å². The van der Waals surface area contributed by atoms with Gasteiger partial charge in [-0.15, -0.1) is 28.1 Å². The number of aromatic nitrogens is 3. The molecule has 0 aliphatic heterocycles. The number of esters is 1. The minimum absolute atomic E-state index is 0.0589. The summed E-state index contributed by atoms with van der Waals surface area (Å²) in [7, 11) is 1.24. The van der Waals surface area contributed by atoms with Crippen LogP contribution in [0.4, 0.5) is 5.00 Å². The lowest BCUT2D eigenvalue weighted by molar-refractivity contribution is -0.113. The predicted octanol–water partition coefficient (Wildman–Crippen LogP) is 3.11. The Kier molecular flexibility index (Phi) is 7.50. The Morgan fingerprint density at radius 3 is 2.68 bits per heavy atom. The van der Waals surface area contributed by atoms with Crippen LogP contribution in [0.2, 0.25) is 0 Å². The molecule has 2 aromatic heterocycles. The molecule has 1 saturated carbocycles. The van der Waals surface area contributed by atoms with Crippen LogP contribution in [0.25, 0.3) is 0 Å². The molecule has 9 nitrogen and oxygen atoms in total. The summed E-state index contributed by atoms with van der Waals surface area (Å²) < 4.78 is 6.79. The summed E-state index contributed by atoms with van der Waals surface area (Å²) in [6.07, 6.45) is 6.35. The van der Waals surface area contributed by atoms with Crippen molar-refractivity contribution in [2.45, 2.75) is 50.2 Å². The normalized spacial score (nSPS) is 13.9. The Morgan fingerprint density at radius 2 is 2.06 bits per heavy atom. The maximum atomic E-state index is 12.6. The minimum Gasteiger partial charge on any atom is -0.465 e. The number of nitrogens with zero attached hydrogens (tertiary/aromatic N) is 3. The van der Waals surface area contributed by atoms with Crippen molar-refractivity contribution in [1.29, 1.82) is 0 Å². The molecule has 1 aliphatic rings. The molecule has 0 saturated heterocycles. The fourth-order valence-electron chi connectivity index (χ4n) is 3.67. The van der Waals surface area contributed by atoms with Crippen LogP contribution in [-0.4, -0.2) is 45.4 Å². The summed E-state index contributed by atoms with van der Waals surface area (Å²) in [4.78, 5) is 36.6. The molecule has 2 heterocycles. The Labute approximate surface area is 188 Å². The molecule has 3 N–H and O–H groups in total. The molecule has 1 aliphatic carbocycles. The number of hydrogen-bond acceptors (Lipinski definition) is 8. The molecule has 31 heavy (non-hydrogen) atoms. The summed E-state index contributed by atoms with van der Waals surface area (Å²) >= 11 is 2.21. The number of nitrogens with one attached hydrogen (secondary N) is 1. The number of carbonyl (C=O) groups excluding carboxylic acids is 3. The van der Waals surface area contributed by atoms with Gasteiger partial charge in [0.25, 0.3) is 5.91 Å². The third-order valence-electron chi connectivity index (χ3n) is 5.12. The fraction of sp³-hybridized carbons (Fsp3) is 0.450. The van der Waals surface area contributed by atoms with Crippen molar-refractivity contribution in [3.8, 4) is 0 Å². The van der Waals surface area contributed by atoms with Gasteiger partial charge in [0.15, 0.2) is 5.16 Å². The van der Waals surface area contributed by atoms with E-state index in [1.54, 1.807) is 13.0 Å². The van der Waals surface area contributed by atoms with E-state index in [1.807, 2.05) is 4.57 Å². The molecule has 0 aromatic carbocycles. The Balaban J connectivity index is 1.74. The maximum absolute atomic E-state index is 12.6. The molecule has 11 heteroatoms. The van der Waals surface area contributed by atoms with Crippen LogP contribution < -0.4 is 11.1 Å². The van der Waals surface area contributed by atoms with E-state index in [-0.39, 0.29) is 27.1 Å². The second-order valence-electron chi connectivity index (χ2n) is 7.17. The first-order valence-electron chi connectivity index (χ1n) is 9.85. The highest BCUT2D eigenvalue weighted by Crippen LogP contribution is 2.35. The fourth-order valence-corrected chi connectivity index (χ4v) is 5.49. The van der Waals surface area contributed by atoms with Crippen molar-refractivity contribution in [2.24, 2.45) is 5.73 Å². The Hall–Kier alpha value is -2.66. The second kappa shape index (κ2) is 10.1. The van der Waals surface area contributed by atoms with E-state index < -0.39 is 11.9 Å². The molecule has 0 atom stereocenters. The van der Waals surface area contributed by atoms with Crippen molar-refractivity contribution in [2.75, 3.05) is 18.2 Å². The zero-order valence-corrected chi connectivity index (χ0v) is 19.1. The van der Waals surface area contributed by atoms with Gasteiger partial charge < -0.3 is 20.4 Å². The zero-order chi connectivity index (χ0) is 22.5. The zero-order valence-electron chi connectivity index (χ0n) is 17.5. The lowest BCUT2D eigenvalue weighted by Gasteiger charge is -2.12. The number of methoxy groups -OCH3 is 1. The third-order valence-corrected chi connectivity index (χ3v) is 7.31. The molecule has 2 aromatic rings. The summed E-state index contributed by atoms with van der Waals surface area (Å²) in [5.74, 6) is -0.268. The van der Waals surface area contributed by atoms with E-state index in [0.717, 1.165) is 30.0 Å². The van der Waals surface area contributed by atoms with E-state index in [9.17, 15) is 14.4 Å². The van der Waals surface area contributed by atoms with Gasteiger partial charge in [0.2, 0.25) is 5.91 Å². The summed E-state index contributed by atoms with van der Waals surface area (Å²) in [5, 5.41) is 12.2. The number of anilines is 1. The van der Waals surface area contributed by atoms with Crippen LogP contribution in [0, 0.1) is 6.92 Å². The predicted molar refractivity (Wildman–Crippen MR) is 120 cm³/mol. The number of thiophene rings is 1. The molecule has 166 valence electrons. The van der Waals surface area contributed by atoms with E-state index in [1.165, 1.54) is 31.7 Å². The van der Waals surface area contributed by atoms with Gasteiger partial charge in [0, 0.05) is 12.5 Å². The van der Waals surface area contributed by atoms with Gasteiger partial charge in [-0.3, -0.25) is 9.59 Å². The molecule has 0 bridgehead atoms. The van der Waals surface area contributed by atoms with Gasteiger partial charge >= 0.3 is 5.97 Å². The molecule has 2 amide bonds. The Bertz CT molecular complexity index is 1010. The van der Waals surface area contributed by atoms with Crippen molar-refractivity contribution in [3.05, 3.63) is 34.5 Å². The molecule has 0 radical (unpaired) electrons. The van der Waals surface area contributed by atoms with Crippen LogP contribution in [-0.2, 0) is 16.1 Å². The van der Waals surface area contributed by atoms with E-state index in [4.69, 9.17) is 10.5 Å². The maximum Gasteiger partial charge on any atom is 0.341 e. The number of ether oxygens (including phenoxy) is 1. The largest absolute Gasteiger partial charge is 0.465 e. The number of allylic oxidation sites excluding steroid dienone is 1. The van der Waals surface area contributed by atoms with Gasteiger partial charge in [0.1, 0.15) is 10.8 Å². The van der Waals surface area contributed by atoms with Crippen LogP contribution in [0.1, 0.15) is 63.0 Å². The molecular formula is C20H25N5O4S2. The quantitative estimate of drug-likeness (QED) is 0.332. The summed E-state index contributed by atoms with van der Waals surface area (Å²) in [5.41, 5.74) is 5.90. The van der Waals surface area contributed by atoms with Crippen molar-refractivity contribution < 1.29 is 19.1 Å². The van der Waals surface area contributed by atoms with Gasteiger partial charge in [-0.25, -0.2) is 4.79 Å². The van der Waals surface area contributed by atoms with Crippen molar-refractivity contribution in [1.82, 2.24) is 14.8 Å². The summed E-state index contributed by atoms with van der Waals surface area (Å²) in [6, 6.07) is 0. The van der Waals surface area contributed by atoms with Gasteiger partial charge in [-0.1, -0.05) is 30.7 Å². The number of amides is 2. The highest BCUT2D eigenvalue weighted by Gasteiger charge is 2.27. The molecule has 0 spiro atoms. The molecule has 3 rings (SSSR count). The average molecular weight is 464 g/mol. The first-order valence-corrected chi connectivity index (χ1v) is 11.7. The van der Waals surface area contributed by atoms with Crippen LogP contribution in [0.3, 0.4) is 0 Å². The van der Waals surface area contributed by atoms with Gasteiger partial charge in [-0.05, 0) is 25.3 Å². The van der Waals surface area contributed by atoms with E-state index >= 15 is 0 Å². The highest BCUT2D eigenvalue weighted by molar-refractivity contribution is 7.99. The third kappa shape index (κ3) is 4.99. The molecule has 1 fully saturated rings. The number of thioether (sulfide) groups is 1. The van der Waals surface area contributed by atoms with Crippen LogP contribution >= 0.6 is 23.1 Å². The summed E-state index contributed by atoms with van der Waals surface area (Å²) in [6.45, 7) is 5.97. The van der Waals surface area contributed by atoms with E-state index in [0.29, 0.717) is 23.2 Å². The minimum atomic E-state index is -0.667. The van der Waals surface area contributed by atoms with Crippen LogP contribution in [0.5, 0.6) is 0 Å². The second-order valence-corrected chi connectivity index (χ2v) is 9.14.